The van der Waals surface area contributed by atoms with Gasteiger partial charge >= 0.3 is 5.97 Å². The van der Waals surface area contributed by atoms with Crippen molar-refractivity contribution in [2.45, 2.75) is 103 Å². The van der Waals surface area contributed by atoms with Gasteiger partial charge in [0.2, 0.25) is 5.91 Å². The molecule has 0 aliphatic carbocycles. The zero-order valence-electron chi connectivity index (χ0n) is 17.8. The van der Waals surface area contributed by atoms with Crippen molar-refractivity contribution < 1.29 is 14.7 Å². The summed E-state index contributed by atoms with van der Waals surface area (Å²) in [5.41, 5.74) is 1.51. The van der Waals surface area contributed by atoms with E-state index in [1.54, 1.807) is 12.1 Å². The molecule has 1 unspecified atom stereocenters. The van der Waals surface area contributed by atoms with Crippen LogP contribution in [-0.4, -0.2) is 17.0 Å². The zero-order chi connectivity index (χ0) is 20.6. The number of amides is 1. The first-order valence-corrected chi connectivity index (χ1v) is 11.1. The molecule has 28 heavy (non-hydrogen) atoms. The number of carboxylic acids is 1. The van der Waals surface area contributed by atoms with Gasteiger partial charge in [0.05, 0.1) is 5.92 Å². The molecule has 0 spiro atoms. The third-order valence-corrected chi connectivity index (χ3v) is 5.28. The molecule has 1 aromatic carbocycles. The van der Waals surface area contributed by atoms with E-state index < -0.39 is 11.9 Å². The van der Waals surface area contributed by atoms with E-state index in [1.807, 2.05) is 12.1 Å². The lowest BCUT2D eigenvalue weighted by molar-refractivity contribution is -0.139. The number of unbranched alkanes of at least 4 members (excludes halogenated alkanes) is 11. The molecule has 0 saturated heterocycles. The van der Waals surface area contributed by atoms with Crippen LogP contribution in [0.1, 0.15) is 109 Å². The van der Waals surface area contributed by atoms with Gasteiger partial charge < -0.3 is 10.4 Å². The maximum Gasteiger partial charge on any atom is 0.310 e. The molecule has 2 N–H and O–H groups in total. The van der Waals surface area contributed by atoms with Crippen molar-refractivity contribution in [2.24, 2.45) is 0 Å². The smallest absolute Gasteiger partial charge is 0.310 e. The number of hydrogen-bond donors (Lipinski definition) is 2. The predicted molar refractivity (Wildman–Crippen MR) is 117 cm³/mol. The number of hydrogen-bond acceptors (Lipinski definition) is 2. The largest absolute Gasteiger partial charge is 0.481 e. The van der Waals surface area contributed by atoms with Crippen molar-refractivity contribution in [3.8, 4) is 0 Å². The summed E-state index contributed by atoms with van der Waals surface area (Å²) in [4.78, 5) is 22.7. The summed E-state index contributed by atoms with van der Waals surface area (Å²) in [6.07, 6.45) is 16.0. The molecule has 4 nitrogen and oxygen atoms in total. The van der Waals surface area contributed by atoms with Gasteiger partial charge in [-0.1, -0.05) is 96.1 Å². The normalized spacial score (nSPS) is 11.9. The van der Waals surface area contributed by atoms with E-state index in [1.165, 1.54) is 71.1 Å². The van der Waals surface area contributed by atoms with Crippen molar-refractivity contribution in [1.29, 1.82) is 0 Å². The second-order valence-electron chi connectivity index (χ2n) is 7.87. The Balaban J connectivity index is 2.17. The van der Waals surface area contributed by atoms with Crippen molar-refractivity contribution in [3.63, 3.8) is 0 Å². The van der Waals surface area contributed by atoms with Gasteiger partial charge in [-0.3, -0.25) is 9.59 Å². The number of carboxylic acid groups (broad SMARTS) is 1. The average molecular weight is 390 g/mol. The number of rotatable bonds is 16. The van der Waals surface area contributed by atoms with Crippen LogP contribution in [0.2, 0.25) is 0 Å². The number of anilines is 1. The van der Waals surface area contributed by atoms with Gasteiger partial charge in [0.15, 0.2) is 0 Å². The highest BCUT2D eigenvalue weighted by atomic mass is 16.4. The molecule has 0 aliphatic heterocycles. The van der Waals surface area contributed by atoms with Crippen LogP contribution >= 0.6 is 0 Å². The molecule has 0 aromatic heterocycles. The Bertz CT molecular complexity index is 553. The Kier molecular flexibility index (Phi) is 13.1. The van der Waals surface area contributed by atoms with Gasteiger partial charge in [-0.05, 0) is 24.1 Å². The fraction of sp³-hybridized carbons (Fsp3) is 0.667. The summed E-state index contributed by atoms with van der Waals surface area (Å²) >= 11 is 0. The molecule has 1 rings (SSSR count). The topological polar surface area (TPSA) is 66.4 Å². The third-order valence-electron chi connectivity index (χ3n) is 5.28. The summed E-state index contributed by atoms with van der Waals surface area (Å²) in [5.74, 6) is -1.36. The Morgan fingerprint density at radius 2 is 1.29 bits per heavy atom. The van der Waals surface area contributed by atoms with Gasteiger partial charge in [0.25, 0.3) is 0 Å². The van der Waals surface area contributed by atoms with Gasteiger partial charge in [-0.15, -0.1) is 0 Å². The van der Waals surface area contributed by atoms with Crippen LogP contribution in [0.4, 0.5) is 5.69 Å². The van der Waals surface area contributed by atoms with Crippen LogP contribution in [-0.2, 0) is 9.59 Å². The molecule has 1 atom stereocenters. The molecule has 0 saturated carbocycles. The zero-order valence-corrected chi connectivity index (χ0v) is 17.8. The van der Waals surface area contributed by atoms with Gasteiger partial charge in [0.1, 0.15) is 0 Å². The minimum Gasteiger partial charge on any atom is -0.481 e. The third kappa shape index (κ3) is 11.1. The Labute approximate surface area is 171 Å². The second-order valence-corrected chi connectivity index (χ2v) is 7.87. The molecule has 0 aliphatic rings. The first kappa shape index (κ1) is 24.2. The molecular formula is C24H39NO3. The van der Waals surface area contributed by atoms with E-state index in [-0.39, 0.29) is 5.91 Å². The van der Waals surface area contributed by atoms with E-state index >= 15 is 0 Å². The monoisotopic (exact) mass is 389 g/mol. The summed E-state index contributed by atoms with van der Waals surface area (Å²) in [5, 5.41) is 12.3. The first-order chi connectivity index (χ1) is 13.5. The lowest BCUT2D eigenvalue weighted by Gasteiger charge is -2.13. The van der Waals surface area contributed by atoms with Crippen LogP contribution in [0.25, 0.3) is 0 Å². The highest BCUT2D eigenvalue weighted by molar-refractivity contribution is 5.88. The number of carbonyl (C=O) groups excluding carboxylic acids is 1. The average Bonchev–Trinajstić information content (AvgIpc) is 2.66. The van der Waals surface area contributed by atoms with Crippen molar-refractivity contribution in [2.75, 3.05) is 5.32 Å². The van der Waals surface area contributed by atoms with Gasteiger partial charge in [-0.2, -0.15) is 0 Å². The van der Waals surface area contributed by atoms with Crippen molar-refractivity contribution >= 4 is 17.6 Å². The molecule has 1 aromatic rings. The minimum absolute atomic E-state index is 0.126. The van der Waals surface area contributed by atoms with Gasteiger partial charge in [-0.25, -0.2) is 0 Å². The van der Waals surface area contributed by atoms with Crippen LogP contribution in [0.15, 0.2) is 24.3 Å². The molecule has 4 heteroatoms. The Hall–Kier alpha value is -1.84. The van der Waals surface area contributed by atoms with Gasteiger partial charge in [0, 0.05) is 12.6 Å². The van der Waals surface area contributed by atoms with Crippen molar-refractivity contribution in [3.05, 3.63) is 29.8 Å². The molecule has 158 valence electrons. The SMILES string of the molecule is CCCCCCCCCCCCCCC(C(=O)O)c1ccc(NC(C)=O)cc1. The quantitative estimate of drug-likeness (QED) is 0.302. The number of aliphatic carboxylic acids is 1. The standard InChI is InChI=1S/C24H39NO3/c1-3-4-5-6-7-8-9-10-11-12-13-14-15-23(24(27)28)21-16-18-22(19-17-21)25-20(2)26/h16-19,23H,3-15H2,1-2H3,(H,25,26)(H,27,28). The molecular weight excluding hydrogens is 350 g/mol. The maximum absolute atomic E-state index is 11.6. The second kappa shape index (κ2) is 15.1. The molecule has 0 fully saturated rings. The van der Waals surface area contributed by atoms with E-state index in [2.05, 4.69) is 12.2 Å². The maximum atomic E-state index is 11.6. The van der Waals surface area contributed by atoms with E-state index in [0.29, 0.717) is 12.1 Å². The predicted octanol–water partition coefficient (Wildman–Crippen LogP) is 6.90. The Morgan fingerprint density at radius 1 is 0.821 bits per heavy atom. The van der Waals surface area contributed by atoms with E-state index in [0.717, 1.165) is 18.4 Å². The highest BCUT2D eigenvalue weighted by Crippen LogP contribution is 2.25. The number of benzene rings is 1. The first-order valence-electron chi connectivity index (χ1n) is 11.1. The lowest BCUT2D eigenvalue weighted by Crippen LogP contribution is -2.12. The van der Waals surface area contributed by atoms with Crippen LogP contribution in [0.3, 0.4) is 0 Å². The fourth-order valence-corrected chi connectivity index (χ4v) is 3.62. The summed E-state index contributed by atoms with van der Waals surface area (Å²) in [6, 6.07) is 7.17. The minimum atomic E-state index is -0.768. The van der Waals surface area contributed by atoms with E-state index in [9.17, 15) is 14.7 Å². The van der Waals surface area contributed by atoms with Crippen molar-refractivity contribution in [1.82, 2.24) is 0 Å². The summed E-state index contributed by atoms with van der Waals surface area (Å²) in [7, 11) is 0. The molecule has 0 heterocycles. The molecule has 0 bridgehead atoms. The number of nitrogens with one attached hydrogen (secondary N) is 1. The van der Waals surface area contributed by atoms with E-state index in [4.69, 9.17) is 0 Å². The summed E-state index contributed by atoms with van der Waals surface area (Å²) in [6.45, 7) is 3.71. The number of carbonyl (C=O) groups is 2. The molecule has 1 amide bonds. The Morgan fingerprint density at radius 3 is 1.71 bits per heavy atom. The lowest BCUT2D eigenvalue weighted by atomic mass is 9.92. The van der Waals surface area contributed by atoms with Crippen LogP contribution in [0, 0.1) is 0 Å². The molecule has 0 radical (unpaired) electrons. The summed E-state index contributed by atoms with van der Waals surface area (Å²) < 4.78 is 0. The van der Waals surface area contributed by atoms with Crippen LogP contribution < -0.4 is 5.32 Å². The fourth-order valence-electron chi connectivity index (χ4n) is 3.62. The van der Waals surface area contributed by atoms with Crippen LogP contribution in [0.5, 0.6) is 0 Å². The highest BCUT2D eigenvalue weighted by Gasteiger charge is 2.19.